The third-order valence-corrected chi connectivity index (χ3v) is 1.42. The van der Waals surface area contributed by atoms with Crippen LogP contribution in [0.2, 0.25) is 0 Å². The van der Waals surface area contributed by atoms with Crippen LogP contribution in [0.15, 0.2) is 0 Å². The number of hydrogen-bond acceptors (Lipinski definition) is 3. The van der Waals surface area contributed by atoms with Crippen LogP contribution in [0.25, 0.3) is 0 Å². The summed E-state index contributed by atoms with van der Waals surface area (Å²) in [6, 6.07) is 0. The fourth-order valence-electron chi connectivity index (χ4n) is 0.816. The lowest BCUT2D eigenvalue weighted by Crippen LogP contribution is -2.31. The van der Waals surface area contributed by atoms with Gasteiger partial charge in [-0.1, -0.05) is 0 Å². The minimum absolute atomic E-state index is 0.00634. The smallest absolute Gasteiger partial charge is 0.145 e. The zero-order valence-electron chi connectivity index (χ0n) is 4.86. The van der Waals surface area contributed by atoms with E-state index in [-0.39, 0.29) is 13.2 Å². The molecule has 0 amide bonds. The van der Waals surface area contributed by atoms with Gasteiger partial charge in [0.1, 0.15) is 18.3 Å². The summed E-state index contributed by atoms with van der Waals surface area (Å²) < 4.78 is 4.71. The van der Waals surface area contributed by atoms with Crippen molar-refractivity contribution in [2.24, 2.45) is 0 Å². The molecular formula is C5H9O4. The summed E-state index contributed by atoms with van der Waals surface area (Å²) in [5.41, 5.74) is 0. The first-order valence-electron chi connectivity index (χ1n) is 2.82. The summed E-state index contributed by atoms with van der Waals surface area (Å²) in [5.74, 6) is 0. The molecule has 4 nitrogen and oxygen atoms in total. The maximum Gasteiger partial charge on any atom is 0.145 e. The van der Waals surface area contributed by atoms with Gasteiger partial charge in [0.05, 0.1) is 13.2 Å². The van der Waals surface area contributed by atoms with Gasteiger partial charge in [0.15, 0.2) is 0 Å². The molecule has 1 fully saturated rings. The summed E-state index contributed by atoms with van der Waals surface area (Å²) in [6.45, 7) is -0.272. The molecule has 9 heavy (non-hydrogen) atoms. The van der Waals surface area contributed by atoms with E-state index in [2.05, 4.69) is 0 Å². The van der Waals surface area contributed by atoms with Crippen molar-refractivity contribution in [2.45, 2.75) is 18.3 Å². The molecular weight excluding hydrogens is 124 g/mol. The Kier molecular flexibility index (Phi) is 2.02. The fraction of sp³-hybridized carbons (Fsp3) is 1.00. The van der Waals surface area contributed by atoms with E-state index in [4.69, 9.17) is 14.9 Å². The number of hydrogen-bond donors (Lipinski definition) is 2. The van der Waals surface area contributed by atoms with Crippen molar-refractivity contribution in [1.82, 2.24) is 0 Å². The quantitative estimate of drug-likeness (QED) is 0.459. The first-order valence-corrected chi connectivity index (χ1v) is 2.82. The van der Waals surface area contributed by atoms with E-state index < -0.39 is 18.3 Å². The van der Waals surface area contributed by atoms with Gasteiger partial charge in [-0.3, -0.25) is 0 Å². The van der Waals surface area contributed by atoms with Crippen LogP contribution in [0.1, 0.15) is 0 Å². The highest BCUT2D eigenvalue weighted by atomic mass is 16.5. The molecule has 1 rings (SSSR count). The molecule has 0 aromatic rings. The molecule has 1 aliphatic rings. The monoisotopic (exact) mass is 133 g/mol. The molecule has 0 spiro atoms. The SMILES string of the molecule is [O][C@H]1CO[C@H](CO)[C@H]1O. The van der Waals surface area contributed by atoms with Crippen molar-refractivity contribution in [3.05, 3.63) is 0 Å². The van der Waals surface area contributed by atoms with Crippen LogP contribution in [0, 0.1) is 0 Å². The van der Waals surface area contributed by atoms with Crippen LogP contribution in [0.4, 0.5) is 0 Å². The summed E-state index contributed by atoms with van der Waals surface area (Å²) in [5, 5.41) is 27.8. The molecule has 3 atom stereocenters. The highest BCUT2D eigenvalue weighted by Crippen LogP contribution is 2.13. The predicted molar refractivity (Wildman–Crippen MR) is 27.3 cm³/mol. The number of rotatable bonds is 1. The topological polar surface area (TPSA) is 69.6 Å². The van der Waals surface area contributed by atoms with Crippen LogP contribution in [-0.4, -0.2) is 41.7 Å². The van der Waals surface area contributed by atoms with E-state index in [9.17, 15) is 5.11 Å². The Morgan fingerprint density at radius 2 is 2.33 bits per heavy atom. The van der Waals surface area contributed by atoms with Crippen LogP contribution in [-0.2, 0) is 9.84 Å². The van der Waals surface area contributed by atoms with Crippen molar-refractivity contribution >= 4 is 0 Å². The minimum atomic E-state index is -1.08. The van der Waals surface area contributed by atoms with E-state index >= 15 is 0 Å². The van der Waals surface area contributed by atoms with Gasteiger partial charge >= 0.3 is 0 Å². The van der Waals surface area contributed by atoms with E-state index in [1.165, 1.54) is 0 Å². The number of ether oxygens (including phenoxy) is 1. The third-order valence-electron chi connectivity index (χ3n) is 1.42. The van der Waals surface area contributed by atoms with Crippen LogP contribution in [0.5, 0.6) is 0 Å². The second kappa shape index (κ2) is 2.62. The molecule has 0 aliphatic carbocycles. The Hall–Kier alpha value is -0.160. The second-order valence-corrected chi connectivity index (χ2v) is 2.08. The van der Waals surface area contributed by atoms with Crippen molar-refractivity contribution < 1.29 is 20.1 Å². The van der Waals surface area contributed by atoms with Crippen LogP contribution >= 0.6 is 0 Å². The maximum absolute atomic E-state index is 10.5. The molecule has 1 aliphatic heterocycles. The summed E-state index contributed by atoms with van der Waals surface area (Å²) >= 11 is 0. The Balaban J connectivity index is 2.41. The van der Waals surface area contributed by atoms with Gasteiger partial charge in [-0.05, 0) is 0 Å². The molecule has 0 unspecified atom stereocenters. The highest BCUT2D eigenvalue weighted by molar-refractivity contribution is 4.81. The molecule has 0 aromatic heterocycles. The van der Waals surface area contributed by atoms with Crippen molar-refractivity contribution in [3.63, 3.8) is 0 Å². The zero-order valence-corrected chi connectivity index (χ0v) is 4.86. The molecule has 2 N–H and O–H groups in total. The lowest BCUT2D eigenvalue weighted by Gasteiger charge is -2.09. The van der Waals surface area contributed by atoms with Gasteiger partial charge in [0.2, 0.25) is 0 Å². The Morgan fingerprint density at radius 1 is 1.67 bits per heavy atom. The normalized spacial score (nSPS) is 43.7. The van der Waals surface area contributed by atoms with Gasteiger partial charge in [0, 0.05) is 0 Å². The number of aliphatic hydroxyl groups is 2. The first-order chi connectivity index (χ1) is 4.25. The molecule has 0 saturated carbocycles. The molecule has 1 heterocycles. The highest BCUT2D eigenvalue weighted by Gasteiger charge is 2.34. The van der Waals surface area contributed by atoms with Gasteiger partial charge < -0.3 is 14.9 Å². The van der Waals surface area contributed by atoms with E-state index in [1.807, 2.05) is 0 Å². The largest absolute Gasteiger partial charge is 0.394 e. The molecule has 53 valence electrons. The van der Waals surface area contributed by atoms with Crippen molar-refractivity contribution in [3.8, 4) is 0 Å². The van der Waals surface area contributed by atoms with Gasteiger partial charge in [0.25, 0.3) is 0 Å². The molecule has 0 bridgehead atoms. The molecule has 1 radical (unpaired) electrons. The summed E-state index contributed by atoms with van der Waals surface area (Å²) in [7, 11) is 0. The third kappa shape index (κ3) is 1.21. The fourth-order valence-corrected chi connectivity index (χ4v) is 0.816. The van der Waals surface area contributed by atoms with E-state index in [1.54, 1.807) is 0 Å². The predicted octanol–water partition coefficient (Wildman–Crippen LogP) is -1.46. The van der Waals surface area contributed by atoms with Crippen molar-refractivity contribution in [1.29, 1.82) is 0 Å². The van der Waals surface area contributed by atoms with Crippen molar-refractivity contribution in [2.75, 3.05) is 13.2 Å². The average Bonchev–Trinajstić information content (AvgIpc) is 2.15. The second-order valence-electron chi connectivity index (χ2n) is 2.08. The van der Waals surface area contributed by atoms with Crippen LogP contribution < -0.4 is 0 Å². The van der Waals surface area contributed by atoms with Gasteiger partial charge in [-0.15, -0.1) is 0 Å². The maximum atomic E-state index is 10.5. The standard InChI is InChI=1S/C5H9O4/c6-1-4-5(8)3(7)2-9-4/h3-6,8H,1-2H2/t3-,4+,5-/m0/s1. The minimum Gasteiger partial charge on any atom is -0.394 e. The van der Waals surface area contributed by atoms with E-state index in [0.717, 1.165) is 0 Å². The van der Waals surface area contributed by atoms with Gasteiger partial charge in [-0.25, -0.2) is 5.11 Å². The van der Waals surface area contributed by atoms with Gasteiger partial charge in [-0.2, -0.15) is 0 Å². The number of aliphatic hydroxyl groups excluding tert-OH is 2. The zero-order chi connectivity index (χ0) is 6.85. The lowest BCUT2D eigenvalue weighted by molar-refractivity contribution is -0.0202. The Labute approximate surface area is 52.7 Å². The Morgan fingerprint density at radius 3 is 2.56 bits per heavy atom. The molecule has 0 aromatic carbocycles. The Bertz CT molecular complexity index is 95.0. The molecule has 1 saturated heterocycles. The lowest BCUT2D eigenvalue weighted by atomic mass is 10.2. The summed E-state index contributed by atoms with van der Waals surface area (Å²) in [6.07, 6.45) is -2.77. The summed E-state index contributed by atoms with van der Waals surface area (Å²) in [4.78, 5) is 0. The van der Waals surface area contributed by atoms with Crippen LogP contribution in [0.3, 0.4) is 0 Å². The first kappa shape index (κ1) is 6.95. The average molecular weight is 133 g/mol. The van der Waals surface area contributed by atoms with E-state index in [0.29, 0.717) is 0 Å². The molecule has 4 heteroatoms.